The van der Waals surface area contributed by atoms with E-state index >= 15 is 0 Å². The number of aliphatic hydroxyl groups excluding tert-OH is 9. The standard InChI is InChI=1S/C47H71NO18/c1-26-17-15-13-11-9-7-5-6-8-10-12-14-16-18-33(65-46-44(59)40(48)42(57)29(4)64-46)23-37-39(45(60)61)35(53)24-47(62,66-37)25-36(54)43(58)34(52)21-31(50)19-30(49)20-32(51)22-38(55)63-28(3)27(2)41(26)56/h5-18,26-33,35-37,39-44,46,49-51,53-54,56-59,62H,19-25,48H2,1-4H3,(H,60,61)/b6-5+,9-7+,10-8+,13-11+,14-12+,17-15+,18-16+/t26-,27-,28-,29?,30+,31-,32+,33-,35-,36+,37?,39+,40?,41+,42?,43+,44?,46?,47-/m0/s1. The fraction of sp³-hybridized carbons (Fsp3) is 0.638. The zero-order valence-corrected chi connectivity index (χ0v) is 37.8. The van der Waals surface area contributed by atoms with Crippen LogP contribution < -0.4 is 5.73 Å². The lowest BCUT2D eigenvalue weighted by Gasteiger charge is -2.45. The number of carbonyl (C=O) groups excluding carboxylic acids is 2. The van der Waals surface area contributed by atoms with Crippen LogP contribution in [0.15, 0.2) is 85.1 Å². The van der Waals surface area contributed by atoms with Gasteiger partial charge in [0, 0.05) is 37.5 Å². The van der Waals surface area contributed by atoms with E-state index in [1.165, 1.54) is 19.1 Å². The third-order valence-corrected chi connectivity index (χ3v) is 11.9. The summed E-state index contributed by atoms with van der Waals surface area (Å²) in [5, 5.41) is 118. The van der Waals surface area contributed by atoms with Gasteiger partial charge in [-0.15, -0.1) is 0 Å². The number of fused-ring (bicyclic) bond motifs is 2. The summed E-state index contributed by atoms with van der Waals surface area (Å²) >= 11 is 0. The largest absolute Gasteiger partial charge is 0.481 e. The molecule has 2 fully saturated rings. The molecule has 19 nitrogen and oxygen atoms in total. The Morgan fingerprint density at radius 1 is 0.667 bits per heavy atom. The van der Waals surface area contributed by atoms with Gasteiger partial charge in [-0.2, -0.15) is 0 Å². The molecule has 0 aliphatic carbocycles. The molecule has 0 radical (unpaired) electrons. The molecular weight excluding hydrogens is 867 g/mol. The van der Waals surface area contributed by atoms with E-state index in [0.29, 0.717) is 0 Å². The van der Waals surface area contributed by atoms with Crippen LogP contribution in [0.5, 0.6) is 0 Å². The number of nitrogens with two attached hydrogens (primary N) is 1. The minimum Gasteiger partial charge on any atom is -0.481 e. The highest BCUT2D eigenvalue weighted by molar-refractivity contribution is 5.83. The zero-order valence-electron chi connectivity index (χ0n) is 37.8. The third-order valence-electron chi connectivity index (χ3n) is 11.9. The van der Waals surface area contributed by atoms with Gasteiger partial charge in [-0.05, 0) is 26.7 Å². The van der Waals surface area contributed by atoms with E-state index < -0.39 is 172 Å². The Hall–Kier alpha value is -3.77. The van der Waals surface area contributed by atoms with E-state index in [9.17, 15) is 70.6 Å². The Labute approximate surface area is 385 Å². The molecule has 3 aliphatic rings. The number of Topliss-reactive ketones (excluding diaryl/α,β-unsaturated/α-hetero) is 1. The molecule has 3 rings (SSSR count). The van der Waals surface area contributed by atoms with Gasteiger partial charge in [0.15, 0.2) is 17.9 Å². The van der Waals surface area contributed by atoms with E-state index in [4.69, 9.17) is 24.7 Å². The van der Waals surface area contributed by atoms with Crippen molar-refractivity contribution in [3.8, 4) is 0 Å². The Balaban J connectivity index is 1.89. The first-order chi connectivity index (χ1) is 31.0. The van der Waals surface area contributed by atoms with Crippen molar-refractivity contribution in [2.45, 2.75) is 170 Å². The van der Waals surface area contributed by atoms with Gasteiger partial charge in [-0.3, -0.25) is 14.4 Å². The summed E-state index contributed by atoms with van der Waals surface area (Å²) in [6, 6.07) is -1.18. The molecule has 0 saturated carbocycles. The van der Waals surface area contributed by atoms with Gasteiger partial charge in [-0.1, -0.05) is 98.9 Å². The van der Waals surface area contributed by atoms with Crippen LogP contribution in [-0.4, -0.2) is 171 Å². The SMILES string of the molecule is CC1OC(O[C@H]2/C=C/C=C/C=C/C=C/C=C/C=C/C=C/[C@H](C)[C@@H](O)[C@@H](C)[C@H](C)OC(=O)C[C@H](O)C[C@H](O)C[C@H](O)CC(=O)[C@@H](O)[C@H](O)C[C@]3(O)C[C@H](O)[C@@H](C(=O)O)C(C2)O3)C(O)C(N)C1O. The summed E-state index contributed by atoms with van der Waals surface area (Å²) in [5.41, 5.74) is 6.00. The number of carboxylic acid groups (broad SMARTS) is 1. The van der Waals surface area contributed by atoms with Crippen LogP contribution in [0, 0.1) is 17.8 Å². The summed E-state index contributed by atoms with van der Waals surface area (Å²) in [6.07, 6.45) is -0.198. The molecule has 19 heteroatoms. The quantitative estimate of drug-likeness (QED) is 0.164. The van der Waals surface area contributed by atoms with Crippen LogP contribution >= 0.6 is 0 Å². The average Bonchev–Trinajstić information content (AvgIpc) is 3.22. The molecule has 0 aromatic rings. The maximum Gasteiger partial charge on any atom is 0.311 e. The molecule has 2 saturated heterocycles. The topological polar surface area (TPSA) is 337 Å². The van der Waals surface area contributed by atoms with Gasteiger partial charge in [0.25, 0.3) is 0 Å². The Morgan fingerprint density at radius 3 is 1.74 bits per heavy atom. The number of rotatable bonds is 3. The van der Waals surface area contributed by atoms with Crippen LogP contribution in [-0.2, 0) is 33.3 Å². The molecule has 2 bridgehead atoms. The van der Waals surface area contributed by atoms with Crippen LogP contribution in [0.4, 0.5) is 0 Å². The van der Waals surface area contributed by atoms with E-state index in [-0.39, 0.29) is 5.92 Å². The number of hydrogen-bond donors (Lipinski definition) is 12. The van der Waals surface area contributed by atoms with Gasteiger partial charge in [0.1, 0.15) is 24.2 Å². The molecule has 0 amide bonds. The van der Waals surface area contributed by atoms with Gasteiger partial charge < -0.3 is 80.9 Å². The number of carboxylic acids is 1. The maximum absolute atomic E-state index is 13.0. The number of cyclic esters (lactones) is 1. The summed E-state index contributed by atoms with van der Waals surface area (Å²) in [4.78, 5) is 38.0. The number of aliphatic hydroxyl groups is 10. The van der Waals surface area contributed by atoms with Gasteiger partial charge in [0.2, 0.25) is 0 Å². The van der Waals surface area contributed by atoms with Crippen LogP contribution in [0.2, 0.25) is 0 Å². The first-order valence-corrected chi connectivity index (χ1v) is 22.3. The minimum atomic E-state index is -2.52. The average molecular weight is 938 g/mol. The second-order valence-corrected chi connectivity index (χ2v) is 17.5. The molecule has 0 spiro atoms. The zero-order chi connectivity index (χ0) is 49.3. The van der Waals surface area contributed by atoms with Gasteiger partial charge in [0.05, 0.1) is 73.5 Å². The lowest BCUT2D eigenvalue weighted by molar-refractivity contribution is -0.309. The van der Waals surface area contributed by atoms with E-state index in [1.54, 1.807) is 86.8 Å². The fourth-order valence-electron chi connectivity index (χ4n) is 7.91. The van der Waals surface area contributed by atoms with Crippen molar-refractivity contribution in [3.63, 3.8) is 0 Å². The molecular formula is C47H71NO18. The van der Waals surface area contributed by atoms with E-state index in [0.717, 1.165) is 0 Å². The van der Waals surface area contributed by atoms with Crippen LogP contribution in [0.25, 0.3) is 0 Å². The predicted molar refractivity (Wildman–Crippen MR) is 237 cm³/mol. The highest BCUT2D eigenvalue weighted by Crippen LogP contribution is 2.38. The maximum atomic E-state index is 13.0. The Kier molecular flexibility index (Phi) is 23.4. The second-order valence-electron chi connectivity index (χ2n) is 17.5. The van der Waals surface area contributed by atoms with Crippen molar-refractivity contribution in [1.29, 1.82) is 0 Å². The second kappa shape index (κ2) is 27.3. The van der Waals surface area contributed by atoms with Crippen molar-refractivity contribution in [3.05, 3.63) is 85.1 Å². The minimum absolute atomic E-state index is 0.309. The van der Waals surface area contributed by atoms with Crippen LogP contribution in [0.1, 0.15) is 72.6 Å². The molecule has 19 atom stereocenters. The van der Waals surface area contributed by atoms with Crippen molar-refractivity contribution < 1.29 is 89.5 Å². The van der Waals surface area contributed by atoms with E-state index in [1.807, 2.05) is 6.92 Å². The molecule has 0 aromatic heterocycles. The summed E-state index contributed by atoms with van der Waals surface area (Å²) in [7, 11) is 0. The number of hydrogen-bond acceptors (Lipinski definition) is 18. The molecule has 6 unspecified atom stereocenters. The number of carbonyl (C=O) groups is 3. The normalized spacial score (nSPS) is 45.0. The monoisotopic (exact) mass is 937 g/mol. The lowest BCUT2D eigenvalue weighted by Crippen LogP contribution is -2.61. The lowest BCUT2D eigenvalue weighted by atomic mass is 9.82. The number of ketones is 1. The Morgan fingerprint density at radius 2 is 1.18 bits per heavy atom. The van der Waals surface area contributed by atoms with Crippen LogP contribution in [0.3, 0.4) is 0 Å². The summed E-state index contributed by atoms with van der Waals surface area (Å²) in [6.45, 7) is 6.64. The van der Waals surface area contributed by atoms with Gasteiger partial charge in [-0.25, -0.2) is 0 Å². The first-order valence-electron chi connectivity index (χ1n) is 22.3. The molecule has 3 aliphatic heterocycles. The number of ether oxygens (including phenoxy) is 4. The van der Waals surface area contributed by atoms with Gasteiger partial charge >= 0.3 is 11.9 Å². The number of allylic oxidation sites excluding steroid dienone is 12. The molecule has 0 aromatic carbocycles. The van der Waals surface area contributed by atoms with Crippen molar-refractivity contribution in [1.82, 2.24) is 0 Å². The highest BCUT2D eigenvalue weighted by atomic mass is 16.7. The predicted octanol–water partition coefficient (Wildman–Crippen LogP) is -0.109. The molecule has 372 valence electrons. The van der Waals surface area contributed by atoms with E-state index in [2.05, 4.69) is 0 Å². The summed E-state index contributed by atoms with van der Waals surface area (Å²) < 4.78 is 23.0. The third kappa shape index (κ3) is 18.0. The van der Waals surface area contributed by atoms with Crippen molar-refractivity contribution >= 4 is 17.7 Å². The molecule has 3 heterocycles. The first kappa shape index (κ1) is 56.6. The number of esters is 1. The smallest absolute Gasteiger partial charge is 0.311 e. The Bertz CT molecular complexity index is 1750. The van der Waals surface area contributed by atoms with Crippen molar-refractivity contribution in [2.24, 2.45) is 23.5 Å². The molecule has 66 heavy (non-hydrogen) atoms. The van der Waals surface area contributed by atoms with Crippen molar-refractivity contribution in [2.75, 3.05) is 0 Å². The molecule has 13 N–H and O–H groups in total. The summed E-state index contributed by atoms with van der Waals surface area (Å²) in [5.74, 6) is -8.40. The highest BCUT2D eigenvalue weighted by Gasteiger charge is 2.51. The number of aliphatic carboxylic acids is 1. The fourth-order valence-corrected chi connectivity index (χ4v) is 7.91.